The second kappa shape index (κ2) is 11.1. The number of ether oxygens (including phenoxy) is 1. The minimum atomic E-state index is -3.75. The average molecular weight is 542 g/mol. The van der Waals surface area contributed by atoms with E-state index in [-0.39, 0.29) is 17.3 Å². The standard InChI is InChI=1S/C28H32ClN3O4S/c1-20-6-5-7-26(21(20)2)31-14-16-32(17-15-31)28(33)22-8-13-27(36-4)23(18-22)19-30(3)37(34,35)25-11-9-24(29)10-12-25/h5-13,18H,14-17,19H2,1-4H3. The van der Waals surface area contributed by atoms with Gasteiger partial charge in [0.15, 0.2) is 0 Å². The Hall–Kier alpha value is -3.07. The lowest BCUT2D eigenvalue weighted by Crippen LogP contribution is -2.49. The zero-order valence-electron chi connectivity index (χ0n) is 21.6. The fourth-order valence-corrected chi connectivity index (χ4v) is 5.83. The van der Waals surface area contributed by atoms with Crippen LogP contribution in [0.5, 0.6) is 5.75 Å². The van der Waals surface area contributed by atoms with Gasteiger partial charge in [-0.2, -0.15) is 4.31 Å². The van der Waals surface area contributed by atoms with Crippen LogP contribution in [0.2, 0.25) is 5.02 Å². The molecule has 196 valence electrons. The second-order valence-electron chi connectivity index (χ2n) is 9.24. The first-order valence-electron chi connectivity index (χ1n) is 12.1. The summed E-state index contributed by atoms with van der Waals surface area (Å²) in [7, 11) is -0.721. The lowest BCUT2D eigenvalue weighted by Gasteiger charge is -2.37. The average Bonchev–Trinajstić information content (AvgIpc) is 2.90. The summed E-state index contributed by atoms with van der Waals surface area (Å²) < 4.78 is 32.9. The number of nitrogens with zero attached hydrogens (tertiary/aromatic N) is 3. The van der Waals surface area contributed by atoms with Crippen molar-refractivity contribution in [3.8, 4) is 5.75 Å². The number of anilines is 1. The van der Waals surface area contributed by atoms with Gasteiger partial charge in [-0.15, -0.1) is 0 Å². The Balaban J connectivity index is 1.49. The summed E-state index contributed by atoms with van der Waals surface area (Å²) in [5, 5.41) is 0.462. The number of rotatable bonds is 7. The van der Waals surface area contributed by atoms with Crippen LogP contribution < -0.4 is 9.64 Å². The molecule has 9 heteroatoms. The van der Waals surface area contributed by atoms with Crippen molar-refractivity contribution < 1.29 is 17.9 Å². The first kappa shape index (κ1) is 27.0. The maximum absolute atomic E-state index is 13.4. The molecular formula is C28H32ClN3O4S. The Morgan fingerprint density at radius 2 is 1.68 bits per heavy atom. The van der Waals surface area contributed by atoms with Crippen LogP contribution in [-0.2, 0) is 16.6 Å². The molecule has 1 aliphatic heterocycles. The van der Waals surface area contributed by atoms with Crippen LogP contribution >= 0.6 is 11.6 Å². The maximum Gasteiger partial charge on any atom is 0.253 e. The first-order valence-corrected chi connectivity index (χ1v) is 13.9. The topological polar surface area (TPSA) is 70.2 Å². The van der Waals surface area contributed by atoms with Crippen LogP contribution in [0.15, 0.2) is 65.6 Å². The minimum absolute atomic E-state index is 0.0513. The van der Waals surface area contributed by atoms with Crippen LogP contribution in [0.25, 0.3) is 0 Å². The number of halogens is 1. The molecule has 3 aromatic rings. The van der Waals surface area contributed by atoms with Gasteiger partial charge in [-0.25, -0.2) is 8.42 Å². The fourth-order valence-electron chi connectivity index (χ4n) is 4.56. The number of carbonyl (C=O) groups excluding carboxylic acids is 1. The smallest absolute Gasteiger partial charge is 0.253 e. The number of hydrogen-bond acceptors (Lipinski definition) is 5. The molecular weight excluding hydrogens is 510 g/mol. The summed E-state index contributed by atoms with van der Waals surface area (Å²) in [6.07, 6.45) is 0. The Bertz CT molecular complexity index is 1390. The number of aryl methyl sites for hydroxylation is 1. The van der Waals surface area contributed by atoms with E-state index in [1.807, 2.05) is 4.90 Å². The molecule has 37 heavy (non-hydrogen) atoms. The van der Waals surface area contributed by atoms with Crippen molar-refractivity contribution in [2.24, 2.45) is 0 Å². The van der Waals surface area contributed by atoms with E-state index in [4.69, 9.17) is 16.3 Å². The van der Waals surface area contributed by atoms with Crippen LogP contribution in [0.3, 0.4) is 0 Å². The van der Waals surface area contributed by atoms with Gasteiger partial charge in [-0.1, -0.05) is 23.7 Å². The number of methoxy groups -OCH3 is 1. The molecule has 0 aliphatic carbocycles. The molecule has 1 heterocycles. The molecule has 1 saturated heterocycles. The molecule has 0 unspecified atom stereocenters. The summed E-state index contributed by atoms with van der Waals surface area (Å²) in [6, 6.07) is 17.5. The van der Waals surface area contributed by atoms with E-state index in [0.29, 0.717) is 35.0 Å². The van der Waals surface area contributed by atoms with Gasteiger partial charge in [0, 0.05) is 61.6 Å². The largest absolute Gasteiger partial charge is 0.496 e. The highest BCUT2D eigenvalue weighted by molar-refractivity contribution is 7.89. The van der Waals surface area contributed by atoms with E-state index >= 15 is 0 Å². The van der Waals surface area contributed by atoms with Crippen molar-refractivity contribution in [3.05, 3.63) is 87.9 Å². The van der Waals surface area contributed by atoms with E-state index in [0.717, 1.165) is 13.1 Å². The monoisotopic (exact) mass is 541 g/mol. The summed E-state index contributed by atoms with van der Waals surface area (Å²) in [5.41, 5.74) is 4.85. The Labute approximate surface area is 224 Å². The van der Waals surface area contributed by atoms with Crippen LogP contribution in [0, 0.1) is 13.8 Å². The van der Waals surface area contributed by atoms with Crippen LogP contribution in [0.4, 0.5) is 5.69 Å². The van der Waals surface area contributed by atoms with Gasteiger partial charge in [-0.05, 0) is 73.5 Å². The molecule has 0 saturated carbocycles. The fraction of sp³-hybridized carbons (Fsp3) is 0.321. The van der Waals surface area contributed by atoms with Crippen molar-refractivity contribution in [1.29, 1.82) is 0 Å². The van der Waals surface area contributed by atoms with Gasteiger partial charge in [0.2, 0.25) is 10.0 Å². The van der Waals surface area contributed by atoms with Gasteiger partial charge in [0.05, 0.1) is 12.0 Å². The predicted molar refractivity (Wildman–Crippen MR) is 147 cm³/mol. The van der Waals surface area contributed by atoms with E-state index in [1.165, 1.54) is 47.4 Å². The van der Waals surface area contributed by atoms with Crippen molar-refractivity contribution in [2.45, 2.75) is 25.3 Å². The molecule has 0 bridgehead atoms. The minimum Gasteiger partial charge on any atom is -0.496 e. The van der Waals surface area contributed by atoms with Gasteiger partial charge in [-0.3, -0.25) is 4.79 Å². The normalized spacial score (nSPS) is 14.2. The summed E-state index contributed by atoms with van der Waals surface area (Å²) in [4.78, 5) is 17.7. The molecule has 1 fully saturated rings. The van der Waals surface area contributed by atoms with Crippen LogP contribution in [0.1, 0.15) is 27.0 Å². The molecule has 4 rings (SSSR count). The highest BCUT2D eigenvalue weighted by Crippen LogP contribution is 2.27. The Kier molecular flexibility index (Phi) is 8.11. The van der Waals surface area contributed by atoms with Crippen molar-refractivity contribution >= 4 is 33.2 Å². The number of piperazine rings is 1. The van der Waals surface area contributed by atoms with Gasteiger partial charge in [0.25, 0.3) is 5.91 Å². The third-order valence-corrected chi connectivity index (χ3v) is 9.00. The van der Waals surface area contributed by atoms with E-state index < -0.39 is 10.0 Å². The Morgan fingerprint density at radius 1 is 1.00 bits per heavy atom. The number of carbonyl (C=O) groups is 1. The van der Waals surface area contributed by atoms with E-state index in [2.05, 4.69) is 36.9 Å². The molecule has 1 aliphatic rings. The number of benzene rings is 3. The van der Waals surface area contributed by atoms with Gasteiger partial charge >= 0.3 is 0 Å². The molecule has 1 amide bonds. The zero-order valence-corrected chi connectivity index (χ0v) is 23.1. The quantitative estimate of drug-likeness (QED) is 0.432. The maximum atomic E-state index is 13.4. The highest BCUT2D eigenvalue weighted by atomic mass is 35.5. The van der Waals surface area contributed by atoms with Gasteiger partial charge in [0.1, 0.15) is 5.75 Å². The summed E-state index contributed by atoms with van der Waals surface area (Å²) >= 11 is 5.91. The molecule has 0 atom stereocenters. The molecule has 7 nitrogen and oxygen atoms in total. The third-order valence-electron chi connectivity index (χ3n) is 6.93. The molecule has 0 radical (unpaired) electrons. The molecule has 0 aromatic heterocycles. The number of sulfonamides is 1. The van der Waals surface area contributed by atoms with Crippen molar-refractivity contribution in [2.75, 3.05) is 45.2 Å². The van der Waals surface area contributed by atoms with Crippen molar-refractivity contribution in [3.63, 3.8) is 0 Å². The Morgan fingerprint density at radius 3 is 2.32 bits per heavy atom. The lowest BCUT2D eigenvalue weighted by atomic mass is 10.1. The third kappa shape index (κ3) is 5.76. The first-order chi connectivity index (χ1) is 17.6. The molecule has 3 aromatic carbocycles. The van der Waals surface area contributed by atoms with E-state index in [1.54, 1.807) is 30.3 Å². The SMILES string of the molecule is COc1ccc(C(=O)N2CCN(c3cccc(C)c3C)CC2)cc1CN(C)S(=O)(=O)c1ccc(Cl)cc1. The predicted octanol–water partition coefficient (Wildman–Crippen LogP) is 4.75. The lowest BCUT2D eigenvalue weighted by molar-refractivity contribution is 0.0746. The summed E-state index contributed by atoms with van der Waals surface area (Å²) in [5.74, 6) is 0.446. The number of amides is 1. The van der Waals surface area contributed by atoms with Crippen molar-refractivity contribution in [1.82, 2.24) is 9.21 Å². The van der Waals surface area contributed by atoms with E-state index in [9.17, 15) is 13.2 Å². The molecule has 0 spiro atoms. The highest BCUT2D eigenvalue weighted by Gasteiger charge is 2.26. The second-order valence-corrected chi connectivity index (χ2v) is 11.7. The van der Waals surface area contributed by atoms with Gasteiger partial charge < -0.3 is 14.5 Å². The number of hydrogen-bond donors (Lipinski definition) is 0. The van der Waals surface area contributed by atoms with Crippen LogP contribution in [-0.4, -0.2) is 63.9 Å². The molecule has 0 N–H and O–H groups in total. The zero-order chi connectivity index (χ0) is 26.7. The summed E-state index contributed by atoms with van der Waals surface area (Å²) in [6.45, 7) is 7.01.